The Hall–Kier alpha value is -2.11. The molecule has 2 heterocycles. The number of hydrogen-bond donors (Lipinski definition) is 2. The summed E-state index contributed by atoms with van der Waals surface area (Å²) in [4.78, 5) is 42.2. The highest BCUT2D eigenvalue weighted by Crippen LogP contribution is 2.27. The largest absolute Gasteiger partial charge is 0.361 e. The number of aromatic nitrogens is 1. The van der Waals surface area contributed by atoms with Crippen molar-refractivity contribution in [3.8, 4) is 0 Å². The van der Waals surface area contributed by atoms with E-state index in [1.54, 1.807) is 0 Å². The maximum absolute atomic E-state index is 12.8. The van der Waals surface area contributed by atoms with Crippen LogP contribution in [0.3, 0.4) is 0 Å². The number of ketones is 1. The highest BCUT2D eigenvalue weighted by atomic mass is 16.2. The summed E-state index contributed by atoms with van der Waals surface area (Å²) in [5, 5.41) is 2.97. The molecule has 1 unspecified atom stereocenters. The topological polar surface area (TPSA) is 82.3 Å². The van der Waals surface area contributed by atoms with Gasteiger partial charge in [0.25, 0.3) is 5.91 Å². The summed E-state index contributed by atoms with van der Waals surface area (Å²) in [5.41, 5.74) is 2.64. The van der Waals surface area contributed by atoms with Crippen LogP contribution in [0.5, 0.6) is 0 Å². The Balaban J connectivity index is 1.73. The summed E-state index contributed by atoms with van der Waals surface area (Å²) in [6, 6.07) is -0.203. The molecule has 0 radical (unpaired) electrons. The molecule has 0 aromatic carbocycles. The molecule has 1 atom stereocenters. The van der Waals surface area contributed by atoms with Crippen molar-refractivity contribution in [3.05, 3.63) is 22.5 Å². The molecule has 0 saturated carbocycles. The van der Waals surface area contributed by atoms with E-state index in [-0.39, 0.29) is 29.1 Å². The van der Waals surface area contributed by atoms with Gasteiger partial charge in [0, 0.05) is 37.3 Å². The summed E-state index contributed by atoms with van der Waals surface area (Å²) >= 11 is 0. The SMILES string of the molecule is Cc1[nH]c2c(c1C(=O)NC1CC(=O)N(CC(C)(C)C)C1)C(=O)CCC2. The number of fused-ring (bicyclic) bond motifs is 1. The lowest BCUT2D eigenvalue weighted by molar-refractivity contribution is -0.128. The number of nitrogens with one attached hydrogen (secondary N) is 2. The summed E-state index contributed by atoms with van der Waals surface area (Å²) in [5.74, 6) is -0.141. The molecule has 1 fully saturated rings. The summed E-state index contributed by atoms with van der Waals surface area (Å²) < 4.78 is 0. The van der Waals surface area contributed by atoms with Crippen LogP contribution in [0.2, 0.25) is 0 Å². The molecule has 1 aromatic rings. The van der Waals surface area contributed by atoms with Crippen molar-refractivity contribution in [3.63, 3.8) is 0 Å². The van der Waals surface area contributed by atoms with Crippen molar-refractivity contribution in [1.82, 2.24) is 15.2 Å². The third kappa shape index (κ3) is 3.62. The van der Waals surface area contributed by atoms with E-state index >= 15 is 0 Å². The van der Waals surface area contributed by atoms with E-state index in [0.717, 1.165) is 24.2 Å². The standard InChI is InChI=1S/C19H27N3O3/c1-11-16(17-13(20-11)6-5-7-14(17)23)18(25)21-12-8-15(24)22(9-12)10-19(2,3)4/h12,20H,5-10H2,1-4H3,(H,21,25). The minimum Gasteiger partial charge on any atom is -0.361 e. The molecule has 2 aliphatic rings. The number of nitrogens with zero attached hydrogens (tertiary/aromatic N) is 1. The number of carbonyl (C=O) groups excluding carboxylic acids is 3. The second kappa shape index (κ2) is 6.32. The zero-order valence-electron chi connectivity index (χ0n) is 15.5. The minimum atomic E-state index is -0.249. The molecule has 1 aromatic heterocycles. The van der Waals surface area contributed by atoms with Crippen molar-refractivity contribution in [1.29, 1.82) is 0 Å². The lowest BCUT2D eigenvalue weighted by Gasteiger charge is -2.26. The molecule has 1 aliphatic heterocycles. The van der Waals surface area contributed by atoms with E-state index < -0.39 is 0 Å². The van der Waals surface area contributed by atoms with Gasteiger partial charge in [-0.15, -0.1) is 0 Å². The minimum absolute atomic E-state index is 0.0251. The highest BCUT2D eigenvalue weighted by Gasteiger charge is 2.35. The molecule has 136 valence electrons. The van der Waals surface area contributed by atoms with Crippen molar-refractivity contribution < 1.29 is 14.4 Å². The molecular formula is C19H27N3O3. The van der Waals surface area contributed by atoms with E-state index in [1.807, 2.05) is 11.8 Å². The lowest BCUT2D eigenvalue weighted by atomic mass is 9.93. The maximum Gasteiger partial charge on any atom is 0.254 e. The van der Waals surface area contributed by atoms with E-state index in [9.17, 15) is 14.4 Å². The predicted octanol–water partition coefficient (Wildman–Crippen LogP) is 2.22. The summed E-state index contributed by atoms with van der Waals surface area (Å²) in [6.45, 7) is 9.30. The molecule has 3 rings (SSSR count). The number of aromatic amines is 1. The Labute approximate surface area is 148 Å². The van der Waals surface area contributed by atoms with Gasteiger partial charge in [0.2, 0.25) is 5.91 Å². The highest BCUT2D eigenvalue weighted by molar-refractivity contribution is 6.10. The average molecular weight is 345 g/mol. The molecule has 6 nitrogen and oxygen atoms in total. The number of aryl methyl sites for hydroxylation is 2. The smallest absolute Gasteiger partial charge is 0.254 e. The number of carbonyl (C=O) groups is 3. The average Bonchev–Trinajstić information content (AvgIpc) is 2.98. The lowest BCUT2D eigenvalue weighted by Crippen LogP contribution is -2.39. The number of amides is 2. The van der Waals surface area contributed by atoms with E-state index in [4.69, 9.17) is 0 Å². The van der Waals surface area contributed by atoms with Crippen LogP contribution in [0.25, 0.3) is 0 Å². The fraction of sp³-hybridized carbons (Fsp3) is 0.632. The van der Waals surface area contributed by atoms with Gasteiger partial charge in [-0.2, -0.15) is 0 Å². The number of hydrogen-bond acceptors (Lipinski definition) is 3. The third-order valence-electron chi connectivity index (χ3n) is 4.82. The van der Waals surface area contributed by atoms with E-state index in [2.05, 4.69) is 31.1 Å². The van der Waals surface area contributed by atoms with Crippen LogP contribution >= 0.6 is 0 Å². The number of rotatable bonds is 3. The van der Waals surface area contributed by atoms with Crippen LogP contribution in [0.1, 0.15) is 72.1 Å². The first kappa shape index (κ1) is 17.7. The molecule has 1 aliphatic carbocycles. The number of Topliss-reactive ketones (excluding diaryl/α,β-unsaturated/α-hetero) is 1. The van der Waals surface area contributed by atoms with Crippen molar-refractivity contribution in [2.75, 3.05) is 13.1 Å². The molecule has 2 N–H and O–H groups in total. The summed E-state index contributed by atoms with van der Waals surface area (Å²) in [6.07, 6.45) is 2.44. The first-order chi connectivity index (χ1) is 11.7. The first-order valence-corrected chi connectivity index (χ1v) is 8.99. The Morgan fingerprint density at radius 2 is 2.00 bits per heavy atom. The fourth-order valence-corrected chi connectivity index (χ4v) is 3.87. The van der Waals surface area contributed by atoms with Crippen LogP contribution in [-0.4, -0.2) is 46.6 Å². The molecule has 2 amide bonds. The maximum atomic E-state index is 12.8. The van der Waals surface area contributed by atoms with E-state index in [1.165, 1.54) is 0 Å². The first-order valence-electron chi connectivity index (χ1n) is 8.99. The Morgan fingerprint density at radius 3 is 2.68 bits per heavy atom. The summed E-state index contributed by atoms with van der Waals surface area (Å²) in [7, 11) is 0. The van der Waals surface area contributed by atoms with Crippen molar-refractivity contribution in [2.45, 2.75) is 59.4 Å². The van der Waals surface area contributed by atoms with Crippen LogP contribution in [-0.2, 0) is 11.2 Å². The van der Waals surface area contributed by atoms with Crippen LogP contribution in [0.15, 0.2) is 0 Å². The van der Waals surface area contributed by atoms with Crippen LogP contribution < -0.4 is 5.32 Å². The van der Waals surface area contributed by atoms with Gasteiger partial charge < -0.3 is 15.2 Å². The monoisotopic (exact) mass is 345 g/mol. The zero-order chi connectivity index (χ0) is 18.4. The second-order valence-electron chi connectivity index (χ2n) is 8.46. The van der Waals surface area contributed by atoms with Crippen LogP contribution in [0, 0.1) is 12.3 Å². The van der Waals surface area contributed by atoms with Gasteiger partial charge in [-0.25, -0.2) is 0 Å². The number of likely N-dealkylation sites (tertiary alicyclic amines) is 1. The van der Waals surface area contributed by atoms with Gasteiger partial charge in [0.1, 0.15) is 0 Å². The normalized spacial score (nSPS) is 20.8. The van der Waals surface area contributed by atoms with Crippen molar-refractivity contribution >= 4 is 17.6 Å². The second-order valence-corrected chi connectivity index (χ2v) is 8.46. The molecule has 6 heteroatoms. The molecule has 0 spiro atoms. The third-order valence-corrected chi connectivity index (χ3v) is 4.82. The molecule has 0 bridgehead atoms. The van der Waals surface area contributed by atoms with Gasteiger partial charge in [0.05, 0.1) is 17.2 Å². The fourth-order valence-electron chi connectivity index (χ4n) is 3.87. The number of H-pyrrole nitrogens is 1. The van der Waals surface area contributed by atoms with Gasteiger partial charge >= 0.3 is 0 Å². The predicted molar refractivity (Wildman–Crippen MR) is 94.7 cm³/mol. The quantitative estimate of drug-likeness (QED) is 0.881. The molecule has 25 heavy (non-hydrogen) atoms. The Bertz CT molecular complexity index is 727. The van der Waals surface area contributed by atoms with Gasteiger partial charge in [-0.3, -0.25) is 14.4 Å². The van der Waals surface area contributed by atoms with E-state index in [0.29, 0.717) is 37.1 Å². The Morgan fingerprint density at radius 1 is 1.28 bits per heavy atom. The Kier molecular flexibility index (Phi) is 4.47. The van der Waals surface area contributed by atoms with Crippen molar-refractivity contribution in [2.24, 2.45) is 5.41 Å². The van der Waals surface area contributed by atoms with Gasteiger partial charge in [-0.1, -0.05) is 20.8 Å². The molecule has 1 saturated heterocycles. The van der Waals surface area contributed by atoms with Gasteiger partial charge in [-0.05, 0) is 25.2 Å². The van der Waals surface area contributed by atoms with Gasteiger partial charge in [0.15, 0.2) is 5.78 Å². The van der Waals surface area contributed by atoms with Crippen LogP contribution in [0.4, 0.5) is 0 Å². The molecular weight excluding hydrogens is 318 g/mol. The zero-order valence-corrected chi connectivity index (χ0v) is 15.5.